The summed E-state index contributed by atoms with van der Waals surface area (Å²) in [7, 11) is 0. The van der Waals surface area contributed by atoms with Gasteiger partial charge in [0.2, 0.25) is 12.6 Å². The highest BCUT2D eigenvalue weighted by atomic mass is 16.8. The first-order chi connectivity index (χ1) is 5.75. The minimum Gasteiger partial charge on any atom is -0.345 e. The fourth-order valence-electron chi connectivity index (χ4n) is 1.36. The van der Waals surface area contributed by atoms with Crippen molar-refractivity contribution in [2.24, 2.45) is 0 Å². The summed E-state index contributed by atoms with van der Waals surface area (Å²) in [6.07, 6.45) is -0.355. The van der Waals surface area contributed by atoms with Crippen LogP contribution in [-0.2, 0) is 18.9 Å². The van der Waals surface area contributed by atoms with Gasteiger partial charge in [0.25, 0.3) is 0 Å². The van der Waals surface area contributed by atoms with Crippen LogP contribution < -0.4 is 0 Å². The Hall–Kier alpha value is -0.160. The van der Waals surface area contributed by atoms with Crippen molar-refractivity contribution in [1.29, 1.82) is 0 Å². The first kappa shape index (κ1) is 8.44. The highest BCUT2D eigenvalue weighted by Gasteiger charge is 2.36. The molecule has 2 aliphatic heterocycles. The molecule has 0 aromatic heterocycles. The summed E-state index contributed by atoms with van der Waals surface area (Å²) in [5.41, 5.74) is 0. The normalized spacial score (nSPS) is 48.5. The summed E-state index contributed by atoms with van der Waals surface area (Å²) in [5.74, 6) is 0. The maximum Gasteiger partial charge on any atom is 0.209 e. The monoisotopic (exact) mass is 174 g/mol. The van der Waals surface area contributed by atoms with E-state index in [9.17, 15) is 0 Å². The first-order valence-electron chi connectivity index (χ1n) is 4.30. The van der Waals surface area contributed by atoms with E-state index in [0.717, 1.165) is 0 Å². The molecule has 2 rings (SSSR count). The zero-order valence-corrected chi connectivity index (χ0v) is 7.36. The van der Waals surface area contributed by atoms with Gasteiger partial charge in [0.1, 0.15) is 0 Å². The Morgan fingerprint density at radius 2 is 1.25 bits per heavy atom. The Morgan fingerprint density at radius 3 is 1.50 bits per heavy atom. The van der Waals surface area contributed by atoms with E-state index in [0.29, 0.717) is 13.2 Å². The van der Waals surface area contributed by atoms with Gasteiger partial charge in [-0.3, -0.25) is 0 Å². The molecule has 0 saturated carbocycles. The van der Waals surface area contributed by atoms with Gasteiger partial charge in [-0.25, -0.2) is 0 Å². The number of hydrogen-bond acceptors (Lipinski definition) is 4. The molecular formula is C8H14O4. The summed E-state index contributed by atoms with van der Waals surface area (Å²) in [6.45, 7) is 5.20. The van der Waals surface area contributed by atoms with Crippen LogP contribution in [0.4, 0.5) is 0 Å². The molecule has 12 heavy (non-hydrogen) atoms. The Bertz CT molecular complexity index is 143. The molecule has 0 spiro atoms. The third-order valence-electron chi connectivity index (χ3n) is 1.95. The molecule has 0 aromatic carbocycles. The van der Waals surface area contributed by atoms with Crippen LogP contribution in [0.15, 0.2) is 0 Å². The summed E-state index contributed by atoms with van der Waals surface area (Å²) in [5, 5.41) is 0. The molecule has 70 valence electrons. The standard InChI is InChI=1S/C8H14O4/c1-5-3-9-7(11-5)8-10-4-6(2)12-8/h5-8H,3-4H2,1-2H3. The largest absolute Gasteiger partial charge is 0.345 e. The van der Waals surface area contributed by atoms with Crippen molar-refractivity contribution in [3.05, 3.63) is 0 Å². The molecule has 0 bridgehead atoms. The molecule has 0 N–H and O–H groups in total. The molecular weight excluding hydrogens is 160 g/mol. The smallest absolute Gasteiger partial charge is 0.209 e. The van der Waals surface area contributed by atoms with Crippen LogP contribution in [0.1, 0.15) is 13.8 Å². The third-order valence-corrected chi connectivity index (χ3v) is 1.95. The molecule has 0 aromatic rings. The van der Waals surface area contributed by atoms with Gasteiger partial charge in [0, 0.05) is 0 Å². The highest BCUT2D eigenvalue weighted by Crippen LogP contribution is 2.22. The van der Waals surface area contributed by atoms with Crippen LogP contribution in [0.25, 0.3) is 0 Å². The molecule has 2 aliphatic rings. The van der Waals surface area contributed by atoms with Crippen LogP contribution in [0.5, 0.6) is 0 Å². The molecule has 0 aliphatic carbocycles. The first-order valence-corrected chi connectivity index (χ1v) is 4.30. The van der Waals surface area contributed by atoms with Crippen LogP contribution in [0.3, 0.4) is 0 Å². The van der Waals surface area contributed by atoms with Crippen LogP contribution >= 0.6 is 0 Å². The maximum absolute atomic E-state index is 5.42. The molecule has 2 heterocycles. The molecule has 4 atom stereocenters. The van der Waals surface area contributed by atoms with Crippen molar-refractivity contribution >= 4 is 0 Å². The van der Waals surface area contributed by atoms with Gasteiger partial charge in [-0.05, 0) is 13.8 Å². The average Bonchev–Trinajstić information content (AvgIpc) is 2.58. The molecule has 0 amide bonds. The topological polar surface area (TPSA) is 36.9 Å². The van der Waals surface area contributed by atoms with Crippen molar-refractivity contribution in [2.75, 3.05) is 13.2 Å². The second-order valence-electron chi connectivity index (χ2n) is 3.30. The minimum absolute atomic E-state index is 0.151. The number of hydrogen-bond donors (Lipinski definition) is 0. The highest BCUT2D eigenvalue weighted by molar-refractivity contribution is 4.68. The Kier molecular flexibility index (Phi) is 2.32. The average molecular weight is 174 g/mol. The summed E-state index contributed by atoms with van der Waals surface area (Å²) in [4.78, 5) is 0. The molecule has 4 nitrogen and oxygen atoms in total. The zero-order valence-electron chi connectivity index (χ0n) is 7.36. The molecule has 4 unspecified atom stereocenters. The van der Waals surface area contributed by atoms with Gasteiger partial charge in [-0.15, -0.1) is 0 Å². The quantitative estimate of drug-likeness (QED) is 0.580. The lowest BCUT2D eigenvalue weighted by Crippen LogP contribution is -2.28. The van der Waals surface area contributed by atoms with E-state index in [2.05, 4.69) is 0 Å². The summed E-state index contributed by atoms with van der Waals surface area (Å²) >= 11 is 0. The lowest BCUT2D eigenvalue weighted by molar-refractivity contribution is -0.211. The van der Waals surface area contributed by atoms with E-state index in [1.807, 2.05) is 13.8 Å². The van der Waals surface area contributed by atoms with Crippen LogP contribution in [-0.4, -0.2) is 38.0 Å². The fourth-order valence-corrected chi connectivity index (χ4v) is 1.36. The Labute approximate surface area is 71.7 Å². The van der Waals surface area contributed by atoms with Crippen LogP contribution in [0, 0.1) is 0 Å². The van der Waals surface area contributed by atoms with E-state index in [4.69, 9.17) is 18.9 Å². The molecule has 2 saturated heterocycles. The lowest BCUT2D eigenvalue weighted by atomic mass is 10.5. The minimum atomic E-state index is -0.329. The van der Waals surface area contributed by atoms with E-state index < -0.39 is 0 Å². The van der Waals surface area contributed by atoms with E-state index in [-0.39, 0.29) is 24.8 Å². The summed E-state index contributed by atoms with van der Waals surface area (Å²) < 4.78 is 21.5. The Balaban J connectivity index is 1.85. The summed E-state index contributed by atoms with van der Waals surface area (Å²) in [6, 6.07) is 0. The lowest BCUT2D eigenvalue weighted by Gasteiger charge is -2.15. The second kappa shape index (κ2) is 3.30. The van der Waals surface area contributed by atoms with Crippen molar-refractivity contribution < 1.29 is 18.9 Å². The Morgan fingerprint density at radius 1 is 0.833 bits per heavy atom. The molecule has 4 heteroatoms. The predicted octanol–water partition coefficient (Wildman–Crippen LogP) is 0.509. The van der Waals surface area contributed by atoms with Crippen molar-refractivity contribution in [3.8, 4) is 0 Å². The molecule has 0 radical (unpaired) electrons. The van der Waals surface area contributed by atoms with Crippen molar-refractivity contribution in [1.82, 2.24) is 0 Å². The van der Waals surface area contributed by atoms with Gasteiger partial charge < -0.3 is 18.9 Å². The van der Waals surface area contributed by atoms with Gasteiger partial charge in [-0.2, -0.15) is 0 Å². The van der Waals surface area contributed by atoms with E-state index in [1.165, 1.54) is 0 Å². The number of rotatable bonds is 1. The van der Waals surface area contributed by atoms with Gasteiger partial charge in [0.15, 0.2) is 0 Å². The second-order valence-corrected chi connectivity index (χ2v) is 3.30. The van der Waals surface area contributed by atoms with E-state index in [1.54, 1.807) is 0 Å². The predicted molar refractivity (Wildman–Crippen MR) is 40.6 cm³/mol. The van der Waals surface area contributed by atoms with Crippen molar-refractivity contribution in [3.63, 3.8) is 0 Å². The number of ether oxygens (including phenoxy) is 4. The van der Waals surface area contributed by atoms with Gasteiger partial charge in [0.05, 0.1) is 25.4 Å². The van der Waals surface area contributed by atoms with Crippen LogP contribution in [0.2, 0.25) is 0 Å². The molecule has 2 fully saturated rings. The van der Waals surface area contributed by atoms with Gasteiger partial charge >= 0.3 is 0 Å². The van der Waals surface area contributed by atoms with E-state index >= 15 is 0 Å². The fraction of sp³-hybridized carbons (Fsp3) is 1.00. The maximum atomic E-state index is 5.42. The third kappa shape index (κ3) is 1.61. The zero-order chi connectivity index (χ0) is 8.55. The SMILES string of the molecule is CC1COC(C2OCC(C)O2)O1. The van der Waals surface area contributed by atoms with Gasteiger partial charge in [-0.1, -0.05) is 0 Å². The van der Waals surface area contributed by atoms with Crippen molar-refractivity contribution in [2.45, 2.75) is 38.6 Å².